The maximum Gasteiger partial charge on any atom is 0.293 e. The van der Waals surface area contributed by atoms with Crippen molar-refractivity contribution >= 4 is 44.9 Å². The fourth-order valence-corrected chi connectivity index (χ4v) is 3.69. The lowest BCUT2D eigenvalue weighted by Gasteiger charge is -2.13. The van der Waals surface area contributed by atoms with Crippen molar-refractivity contribution < 1.29 is 18.7 Å². The average Bonchev–Trinajstić information content (AvgIpc) is 2.90. The largest absolute Gasteiger partial charge is 0.489 e. The highest BCUT2D eigenvalue weighted by atomic mass is 79.9. The minimum atomic E-state index is -0.456. The van der Waals surface area contributed by atoms with Crippen LogP contribution in [0.2, 0.25) is 0 Å². The molecule has 0 unspecified atom stereocenters. The van der Waals surface area contributed by atoms with E-state index in [9.17, 15) is 14.0 Å². The Morgan fingerprint density at radius 1 is 1.22 bits per heavy atom. The fourth-order valence-electron chi connectivity index (χ4n) is 2.49. The third kappa shape index (κ3) is 4.48. The smallest absolute Gasteiger partial charge is 0.293 e. The summed E-state index contributed by atoms with van der Waals surface area (Å²) in [7, 11) is 0. The molecule has 0 saturated carbocycles. The molecule has 0 bridgehead atoms. The second-order valence-corrected chi connectivity index (χ2v) is 7.55. The number of nitrogens with zero attached hydrogens (tertiary/aromatic N) is 1. The zero-order valence-corrected chi connectivity index (χ0v) is 16.6. The van der Waals surface area contributed by atoms with Crippen molar-refractivity contribution in [2.75, 3.05) is 6.61 Å². The Balaban J connectivity index is 1.87. The minimum Gasteiger partial charge on any atom is -0.489 e. The summed E-state index contributed by atoms with van der Waals surface area (Å²) in [6, 6.07) is 11.5. The molecule has 2 aromatic rings. The predicted molar refractivity (Wildman–Crippen MR) is 108 cm³/mol. The number of benzene rings is 2. The van der Waals surface area contributed by atoms with Crippen LogP contribution in [-0.4, -0.2) is 22.7 Å². The van der Waals surface area contributed by atoms with Gasteiger partial charge in [-0.1, -0.05) is 46.8 Å². The second-order valence-electron chi connectivity index (χ2n) is 5.64. The minimum absolute atomic E-state index is 0.104. The number of hydrogen-bond donors (Lipinski definition) is 0. The van der Waals surface area contributed by atoms with Crippen LogP contribution in [-0.2, 0) is 11.3 Å². The third-order valence-corrected chi connectivity index (χ3v) is 5.18. The summed E-state index contributed by atoms with van der Waals surface area (Å²) in [5, 5.41) is -0.432. The van der Waals surface area contributed by atoms with Crippen LogP contribution >= 0.6 is 27.7 Å². The maximum atomic E-state index is 13.9. The van der Waals surface area contributed by atoms with Crippen LogP contribution in [0.1, 0.15) is 11.1 Å². The summed E-state index contributed by atoms with van der Waals surface area (Å²) in [6.45, 7) is 3.83. The van der Waals surface area contributed by atoms with Crippen molar-refractivity contribution in [2.45, 2.75) is 6.54 Å². The Morgan fingerprint density at radius 2 is 2.00 bits per heavy atom. The SMILES string of the molecule is C=CCOc1ccc(Br)cc1/C=C1\SC(=O)N(Cc2ccccc2F)C1=O. The first-order valence-corrected chi connectivity index (χ1v) is 9.62. The molecule has 0 atom stereocenters. The van der Waals surface area contributed by atoms with Crippen molar-refractivity contribution in [3.8, 4) is 5.75 Å². The molecule has 1 saturated heterocycles. The number of thioether (sulfide) groups is 1. The summed E-state index contributed by atoms with van der Waals surface area (Å²) in [4.78, 5) is 26.2. The number of ether oxygens (including phenoxy) is 1. The van der Waals surface area contributed by atoms with Crippen molar-refractivity contribution in [3.63, 3.8) is 0 Å². The summed E-state index contributed by atoms with van der Waals surface area (Å²) >= 11 is 4.21. The molecule has 7 heteroatoms. The molecule has 138 valence electrons. The topological polar surface area (TPSA) is 46.6 Å². The van der Waals surface area contributed by atoms with Gasteiger partial charge in [0.15, 0.2) is 0 Å². The molecular formula is C20H15BrFNO3S. The third-order valence-electron chi connectivity index (χ3n) is 3.78. The van der Waals surface area contributed by atoms with Crippen LogP contribution in [0.15, 0.2) is 64.5 Å². The molecule has 1 heterocycles. The van der Waals surface area contributed by atoms with Gasteiger partial charge < -0.3 is 4.74 Å². The highest BCUT2D eigenvalue weighted by Gasteiger charge is 2.35. The Kier molecular flexibility index (Phi) is 6.13. The molecule has 0 radical (unpaired) electrons. The first-order valence-electron chi connectivity index (χ1n) is 8.01. The van der Waals surface area contributed by atoms with Gasteiger partial charge >= 0.3 is 0 Å². The van der Waals surface area contributed by atoms with Crippen molar-refractivity contribution in [1.29, 1.82) is 0 Å². The number of hydrogen-bond acceptors (Lipinski definition) is 4. The normalized spacial score (nSPS) is 15.5. The molecule has 1 aliphatic rings. The van der Waals surface area contributed by atoms with Gasteiger partial charge in [0.05, 0.1) is 11.4 Å². The molecule has 3 rings (SSSR count). The molecular weight excluding hydrogens is 433 g/mol. The highest BCUT2D eigenvalue weighted by Crippen LogP contribution is 2.35. The van der Waals surface area contributed by atoms with E-state index in [4.69, 9.17) is 4.74 Å². The number of imide groups is 1. The summed E-state index contributed by atoms with van der Waals surface area (Å²) < 4.78 is 20.3. The zero-order chi connectivity index (χ0) is 19.4. The van der Waals surface area contributed by atoms with Gasteiger partial charge in [-0.3, -0.25) is 14.5 Å². The van der Waals surface area contributed by atoms with Gasteiger partial charge in [0.25, 0.3) is 11.1 Å². The van der Waals surface area contributed by atoms with E-state index in [0.717, 1.165) is 21.1 Å². The lowest BCUT2D eigenvalue weighted by molar-refractivity contribution is -0.123. The van der Waals surface area contributed by atoms with E-state index in [1.807, 2.05) is 6.07 Å². The second kappa shape index (κ2) is 8.54. The van der Waals surface area contributed by atoms with Crippen LogP contribution in [0, 0.1) is 5.82 Å². The van der Waals surface area contributed by atoms with Crippen LogP contribution in [0.5, 0.6) is 5.75 Å². The number of rotatable bonds is 6. The van der Waals surface area contributed by atoms with E-state index < -0.39 is 17.0 Å². The standard InChI is InChI=1S/C20H15BrFNO3S/c1-2-9-26-17-8-7-15(21)10-14(17)11-18-19(24)23(20(25)27-18)12-13-5-3-4-6-16(13)22/h2-8,10-11H,1,9,12H2/b18-11-. The zero-order valence-electron chi connectivity index (χ0n) is 14.2. The van der Waals surface area contributed by atoms with E-state index in [1.54, 1.807) is 42.5 Å². The highest BCUT2D eigenvalue weighted by molar-refractivity contribution is 9.10. The number of amides is 2. The van der Waals surface area contributed by atoms with Crippen molar-refractivity contribution in [1.82, 2.24) is 4.90 Å². The molecule has 2 aromatic carbocycles. The van der Waals surface area contributed by atoms with E-state index in [1.165, 1.54) is 6.07 Å². The summed E-state index contributed by atoms with van der Waals surface area (Å²) in [5.41, 5.74) is 0.945. The number of halogens is 2. The van der Waals surface area contributed by atoms with Crippen LogP contribution in [0.25, 0.3) is 6.08 Å². The Labute approximate surface area is 168 Å². The van der Waals surface area contributed by atoms with Gasteiger partial charge in [-0.25, -0.2) is 4.39 Å². The monoisotopic (exact) mass is 447 g/mol. The van der Waals surface area contributed by atoms with Crippen molar-refractivity contribution in [2.24, 2.45) is 0 Å². The van der Waals surface area contributed by atoms with Gasteiger partial charge in [-0.15, -0.1) is 0 Å². The van der Waals surface area contributed by atoms with Crippen LogP contribution in [0.4, 0.5) is 9.18 Å². The van der Waals surface area contributed by atoms with Crippen LogP contribution in [0.3, 0.4) is 0 Å². The molecule has 0 spiro atoms. The summed E-state index contributed by atoms with van der Waals surface area (Å²) in [5.74, 6) is -0.338. The van der Waals surface area contributed by atoms with Gasteiger partial charge in [-0.2, -0.15) is 0 Å². The molecule has 2 amide bonds. The molecule has 1 fully saturated rings. The maximum absolute atomic E-state index is 13.9. The number of carbonyl (C=O) groups excluding carboxylic acids is 2. The molecule has 1 aliphatic heterocycles. The van der Waals surface area contributed by atoms with Crippen LogP contribution < -0.4 is 4.74 Å². The quantitative estimate of drug-likeness (QED) is 0.439. The van der Waals surface area contributed by atoms with Gasteiger partial charge in [0.2, 0.25) is 0 Å². The Bertz CT molecular complexity index is 945. The van der Waals surface area contributed by atoms with E-state index >= 15 is 0 Å². The Hall–Kier alpha value is -2.38. The first-order chi connectivity index (χ1) is 13.0. The predicted octanol–water partition coefficient (Wildman–Crippen LogP) is 5.39. The summed E-state index contributed by atoms with van der Waals surface area (Å²) in [6.07, 6.45) is 3.23. The lowest BCUT2D eigenvalue weighted by Crippen LogP contribution is -2.27. The Morgan fingerprint density at radius 3 is 2.74 bits per heavy atom. The molecule has 0 N–H and O–H groups in total. The molecule has 27 heavy (non-hydrogen) atoms. The first kappa shape index (κ1) is 19.4. The van der Waals surface area contributed by atoms with E-state index in [-0.39, 0.29) is 11.4 Å². The number of carbonyl (C=O) groups is 2. The fraction of sp³-hybridized carbons (Fsp3) is 0.100. The molecule has 0 aromatic heterocycles. The molecule has 0 aliphatic carbocycles. The van der Waals surface area contributed by atoms with Gasteiger partial charge in [0, 0.05) is 15.6 Å². The van der Waals surface area contributed by atoms with Crippen molar-refractivity contribution in [3.05, 3.63) is 81.4 Å². The average molecular weight is 448 g/mol. The van der Waals surface area contributed by atoms with Gasteiger partial charge in [-0.05, 0) is 42.1 Å². The lowest BCUT2D eigenvalue weighted by atomic mass is 10.1. The van der Waals surface area contributed by atoms with Gasteiger partial charge in [0.1, 0.15) is 18.2 Å². The van der Waals surface area contributed by atoms with E-state index in [0.29, 0.717) is 23.5 Å². The van der Waals surface area contributed by atoms with E-state index in [2.05, 4.69) is 22.5 Å². The molecule has 4 nitrogen and oxygen atoms in total.